The zero-order valence-corrected chi connectivity index (χ0v) is 18.6. The Balaban J connectivity index is 1.37. The number of fused-ring (bicyclic) bond motifs is 3. The van der Waals surface area contributed by atoms with E-state index in [-0.39, 0.29) is 0 Å². The van der Waals surface area contributed by atoms with Gasteiger partial charge in [0.1, 0.15) is 5.75 Å². The highest BCUT2D eigenvalue weighted by atomic mass is 35.5. The maximum absolute atomic E-state index is 6.45. The van der Waals surface area contributed by atoms with Crippen LogP contribution >= 0.6 is 11.6 Å². The van der Waals surface area contributed by atoms with Crippen molar-refractivity contribution < 1.29 is 4.74 Å². The second kappa shape index (κ2) is 9.30. The quantitative estimate of drug-likeness (QED) is 0.538. The molecule has 160 valence electrons. The van der Waals surface area contributed by atoms with Crippen LogP contribution in [0.5, 0.6) is 5.75 Å². The van der Waals surface area contributed by atoms with Gasteiger partial charge in [0.2, 0.25) is 0 Å². The molecule has 0 aliphatic carbocycles. The van der Waals surface area contributed by atoms with Crippen LogP contribution in [0.25, 0.3) is 0 Å². The number of hydrogen-bond donors (Lipinski definition) is 0. The molecule has 2 fully saturated rings. The van der Waals surface area contributed by atoms with E-state index in [1.807, 2.05) is 6.07 Å². The van der Waals surface area contributed by atoms with Crippen molar-refractivity contribution in [3.05, 3.63) is 64.2 Å². The normalized spacial score (nSPS) is 24.4. The number of benzene rings is 2. The van der Waals surface area contributed by atoms with Gasteiger partial charge in [0.15, 0.2) is 0 Å². The van der Waals surface area contributed by atoms with E-state index in [2.05, 4.69) is 46.2 Å². The average Bonchev–Trinajstić information content (AvgIpc) is 3.26. The summed E-state index contributed by atoms with van der Waals surface area (Å²) in [5, 5.41) is 0.817. The summed E-state index contributed by atoms with van der Waals surface area (Å²) in [6.07, 6.45) is 7.74. The fourth-order valence-corrected chi connectivity index (χ4v) is 5.92. The van der Waals surface area contributed by atoms with E-state index in [0.717, 1.165) is 36.9 Å². The van der Waals surface area contributed by atoms with Gasteiger partial charge in [-0.05, 0) is 81.1 Å². The standard InChI is InChI=1S/C26H33ClN2O/c27-21-9-4-8-20(18-21)23-19-29-16-6-11-24(29)22-10-5-12-25(26(22)23)30-17-7-15-28-13-2-1-3-14-28/h4-5,8-10,12,18,23-24H,1-3,6-7,11,13-17,19H2/t23-,24-/m0/s1. The lowest BCUT2D eigenvalue weighted by Crippen LogP contribution is -2.35. The van der Waals surface area contributed by atoms with Crippen LogP contribution in [0, 0.1) is 0 Å². The van der Waals surface area contributed by atoms with Crippen molar-refractivity contribution in [1.82, 2.24) is 9.80 Å². The van der Waals surface area contributed by atoms with Gasteiger partial charge in [-0.1, -0.05) is 42.3 Å². The Hall–Kier alpha value is -1.55. The molecule has 0 radical (unpaired) electrons. The smallest absolute Gasteiger partial charge is 0.123 e. The lowest BCUT2D eigenvalue weighted by Gasteiger charge is -2.38. The van der Waals surface area contributed by atoms with Crippen molar-refractivity contribution in [2.24, 2.45) is 0 Å². The molecular weight excluding hydrogens is 392 g/mol. The van der Waals surface area contributed by atoms with Crippen LogP contribution in [0.15, 0.2) is 42.5 Å². The maximum Gasteiger partial charge on any atom is 0.123 e. The van der Waals surface area contributed by atoms with E-state index in [0.29, 0.717) is 12.0 Å². The number of piperidine rings is 1. The molecule has 0 saturated carbocycles. The summed E-state index contributed by atoms with van der Waals surface area (Å²) in [6.45, 7) is 6.73. The molecule has 5 rings (SSSR count). The van der Waals surface area contributed by atoms with Crippen molar-refractivity contribution in [3.63, 3.8) is 0 Å². The molecule has 30 heavy (non-hydrogen) atoms. The third-order valence-electron chi connectivity index (χ3n) is 7.16. The lowest BCUT2D eigenvalue weighted by atomic mass is 9.81. The first kappa shape index (κ1) is 20.4. The van der Waals surface area contributed by atoms with Crippen molar-refractivity contribution in [1.29, 1.82) is 0 Å². The second-order valence-corrected chi connectivity index (χ2v) is 9.56. The number of ether oxygens (including phenoxy) is 1. The van der Waals surface area contributed by atoms with E-state index in [1.54, 1.807) is 0 Å². The molecule has 3 heterocycles. The Morgan fingerprint density at radius 2 is 1.83 bits per heavy atom. The Bertz CT molecular complexity index is 864. The predicted octanol–water partition coefficient (Wildman–Crippen LogP) is 5.88. The van der Waals surface area contributed by atoms with E-state index in [4.69, 9.17) is 16.3 Å². The van der Waals surface area contributed by atoms with Gasteiger partial charge in [-0.3, -0.25) is 4.90 Å². The monoisotopic (exact) mass is 424 g/mol. The summed E-state index contributed by atoms with van der Waals surface area (Å²) in [5.41, 5.74) is 4.18. The van der Waals surface area contributed by atoms with Gasteiger partial charge >= 0.3 is 0 Å². The minimum atomic E-state index is 0.325. The van der Waals surface area contributed by atoms with Gasteiger partial charge in [-0.2, -0.15) is 0 Å². The third kappa shape index (κ3) is 4.26. The molecule has 0 N–H and O–H groups in total. The van der Waals surface area contributed by atoms with Crippen molar-refractivity contribution in [2.45, 2.75) is 50.5 Å². The zero-order chi connectivity index (χ0) is 20.3. The van der Waals surface area contributed by atoms with Crippen LogP contribution in [0.3, 0.4) is 0 Å². The minimum absolute atomic E-state index is 0.325. The molecule has 2 saturated heterocycles. The molecule has 2 aromatic carbocycles. The van der Waals surface area contributed by atoms with Gasteiger partial charge in [-0.15, -0.1) is 0 Å². The zero-order valence-electron chi connectivity index (χ0n) is 17.9. The summed E-state index contributed by atoms with van der Waals surface area (Å²) in [4.78, 5) is 5.26. The fourth-order valence-electron chi connectivity index (χ4n) is 5.72. The number of likely N-dealkylation sites (tertiary alicyclic amines) is 1. The highest BCUT2D eigenvalue weighted by Gasteiger charge is 2.38. The highest BCUT2D eigenvalue weighted by molar-refractivity contribution is 6.30. The molecular formula is C26H33ClN2O. The molecule has 3 nitrogen and oxygen atoms in total. The summed E-state index contributed by atoms with van der Waals surface area (Å²) < 4.78 is 6.45. The van der Waals surface area contributed by atoms with Crippen LogP contribution in [-0.2, 0) is 0 Å². The summed E-state index contributed by atoms with van der Waals surface area (Å²) in [5.74, 6) is 1.41. The van der Waals surface area contributed by atoms with Gasteiger partial charge in [-0.25, -0.2) is 0 Å². The Labute approximate surface area is 186 Å². The van der Waals surface area contributed by atoms with Crippen LogP contribution in [0.4, 0.5) is 0 Å². The Morgan fingerprint density at radius 1 is 0.967 bits per heavy atom. The van der Waals surface area contributed by atoms with Gasteiger partial charge in [0.05, 0.1) is 6.61 Å². The molecule has 2 aromatic rings. The Morgan fingerprint density at radius 3 is 2.70 bits per heavy atom. The first-order chi connectivity index (χ1) is 14.8. The van der Waals surface area contributed by atoms with E-state index < -0.39 is 0 Å². The van der Waals surface area contributed by atoms with Gasteiger partial charge in [0.25, 0.3) is 0 Å². The largest absolute Gasteiger partial charge is 0.493 e. The summed E-state index contributed by atoms with van der Waals surface area (Å²) >= 11 is 6.37. The molecule has 0 unspecified atom stereocenters. The summed E-state index contributed by atoms with van der Waals surface area (Å²) in [7, 11) is 0. The second-order valence-electron chi connectivity index (χ2n) is 9.12. The lowest BCUT2D eigenvalue weighted by molar-refractivity contribution is 0.200. The molecule has 0 bridgehead atoms. The van der Waals surface area contributed by atoms with E-state index in [9.17, 15) is 0 Å². The van der Waals surface area contributed by atoms with Crippen molar-refractivity contribution in [2.75, 3.05) is 39.3 Å². The van der Waals surface area contributed by atoms with E-state index >= 15 is 0 Å². The Kier molecular flexibility index (Phi) is 6.31. The highest BCUT2D eigenvalue weighted by Crippen LogP contribution is 2.47. The van der Waals surface area contributed by atoms with Crippen molar-refractivity contribution >= 4 is 11.6 Å². The topological polar surface area (TPSA) is 15.7 Å². The molecule has 4 heteroatoms. The van der Waals surface area contributed by atoms with Crippen molar-refractivity contribution in [3.8, 4) is 5.75 Å². The van der Waals surface area contributed by atoms with Crippen LogP contribution in [-0.4, -0.2) is 49.1 Å². The fraction of sp³-hybridized carbons (Fsp3) is 0.538. The van der Waals surface area contributed by atoms with Crippen LogP contribution in [0.2, 0.25) is 5.02 Å². The number of rotatable bonds is 6. The molecule has 0 aromatic heterocycles. The maximum atomic E-state index is 6.45. The van der Waals surface area contributed by atoms with Crippen LogP contribution in [0.1, 0.15) is 67.2 Å². The molecule has 3 aliphatic rings. The average molecular weight is 425 g/mol. The predicted molar refractivity (Wildman–Crippen MR) is 124 cm³/mol. The number of nitrogens with zero attached hydrogens (tertiary/aromatic N) is 2. The summed E-state index contributed by atoms with van der Waals surface area (Å²) in [6, 6.07) is 15.7. The minimum Gasteiger partial charge on any atom is -0.493 e. The SMILES string of the molecule is Clc1cccc([C@@H]2CN3CCC[C@H]3c3cccc(OCCCN4CCCCC4)c32)c1. The molecule has 2 atom stereocenters. The number of hydrogen-bond acceptors (Lipinski definition) is 3. The third-order valence-corrected chi connectivity index (χ3v) is 7.40. The number of halogens is 1. The molecule has 0 spiro atoms. The van der Waals surface area contributed by atoms with Gasteiger partial charge < -0.3 is 9.64 Å². The molecule has 3 aliphatic heterocycles. The first-order valence-corrected chi connectivity index (χ1v) is 12.1. The van der Waals surface area contributed by atoms with Gasteiger partial charge in [0, 0.05) is 35.6 Å². The van der Waals surface area contributed by atoms with Crippen LogP contribution < -0.4 is 4.74 Å². The van der Waals surface area contributed by atoms with E-state index in [1.165, 1.54) is 68.4 Å². The first-order valence-electron chi connectivity index (χ1n) is 11.8. The molecule has 0 amide bonds.